The Hall–Kier alpha value is -3.35. The monoisotopic (exact) mass is 356 g/mol. The summed E-state index contributed by atoms with van der Waals surface area (Å²) in [7, 11) is 0. The summed E-state index contributed by atoms with van der Waals surface area (Å²) in [4.78, 5) is 35.3. The third-order valence-electron chi connectivity index (χ3n) is 3.25. The minimum Gasteiger partial charge on any atom is -0.494 e. The van der Waals surface area contributed by atoms with Crippen LogP contribution in [0.2, 0.25) is 0 Å². The van der Waals surface area contributed by atoms with Gasteiger partial charge in [-0.1, -0.05) is 25.1 Å². The molecule has 26 heavy (non-hydrogen) atoms. The Balaban J connectivity index is 1.74. The van der Waals surface area contributed by atoms with Crippen LogP contribution in [0.5, 0.6) is 5.75 Å². The van der Waals surface area contributed by atoms with Gasteiger partial charge in [-0.3, -0.25) is 20.4 Å². The van der Waals surface area contributed by atoms with E-state index in [0.29, 0.717) is 23.5 Å². The van der Waals surface area contributed by atoms with Gasteiger partial charge in [0.25, 0.3) is 11.8 Å². The van der Waals surface area contributed by atoms with Crippen LogP contribution in [-0.2, 0) is 9.53 Å². The van der Waals surface area contributed by atoms with Crippen molar-refractivity contribution in [2.45, 2.75) is 13.3 Å². The van der Waals surface area contributed by atoms with E-state index in [2.05, 4.69) is 10.9 Å². The predicted octanol–water partition coefficient (Wildman–Crippen LogP) is 2.09. The van der Waals surface area contributed by atoms with E-state index in [1.165, 1.54) is 0 Å². The highest BCUT2D eigenvalue weighted by atomic mass is 16.5. The summed E-state index contributed by atoms with van der Waals surface area (Å²) >= 11 is 0. The number of hydrogen-bond donors (Lipinski definition) is 2. The average molecular weight is 356 g/mol. The van der Waals surface area contributed by atoms with Crippen molar-refractivity contribution in [2.75, 3.05) is 13.2 Å². The number of benzene rings is 2. The van der Waals surface area contributed by atoms with Crippen LogP contribution in [0.15, 0.2) is 54.6 Å². The highest BCUT2D eigenvalue weighted by Crippen LogP contribution is 2.13. The van der Waals surface area contributed by atoms with Crippen molar-refractivity contribution in [1.82, 2.24) is 10.9 Å². The molecule has 0 saturated carbocycles. The highest BCUT2D eigenvalue weighted by molar-refractivity contribution is 5.96. The zero-order valence-electron chi connectivity index (χ0n) is 14.4. The molecule has 0 heterocycles. The van der Waals surface area contributed by atoms with Crippen LogP contribution in [0, 0.1) is 0 Å². The van der Waals surface area contributed by atoms with E-state index < -0.39 is 24.4 Å². The molecule has 0 radical (unpaired) electrons. The summed E-state index contributed by atoms with van der Waals surface area (Å²) in [5, 5.41) is 0. The summed E-state index contributed by atoms with van der Waals surface area (Å²) < 4.78 is 10.3. The maximum absolute atomic E-state index is 11.9. The molecular weight excluding hydrogens is 336 g/mol. The van der Waals surface area contributed by atoms with E-state index in [1.54, 1.807) is 54.6 Å². The lowest BCUT2D eigenvalue weighted by Gasteiger charge is -2.09. The quantitative estimate of drug-likeness (QED) is 0.585. The van der Waals surface area contributed by atoms with Crippen molar-refractivity contribution in [3.63, 3.8) is 0 Å². The van der Waals surface area contributed by atoms with Gasteiger partial charge in [-0.2, -0.15) is 0 Å². The highest BCUT2D eigenvalue weighted by Gasteiger charge is 2.11. The van der Waals surface area contributed by atoms with Gasteiger partial charge in [-0.05, 0) is 42.8 Å². The van der Waals surface area contributed by atoms with Gasteiger partial charge < -0.3 is 9.47 Å². The molecular formula is C19H20N2O5. The zero-order chi connectivity index (χ0) is 18.8. The lowest BCUT2D eigenvalue weighted by atomic mass is 10.2. The van der Waals surface area contributed by atoms with E-state index in [0.717, 1.165) is 6.42 Å². The van der Waals surface area contributed by atoms with E-state index in [-0.39, 0.29) is 0 Å². The minimum atomic E-state index is -0.648. The fourth-order valence-electron chi connectivity index (χ4n) is 1.95. The van der Waals surface area contributed by atoms with Gasteiger partial charge in [0.05, 0.1) is 12.2 Å². The van der Waals surface area contributed by atoms with E-state index in [4.69, 9.17) is 9.47 Å². The molecule has 2 aromatic rings. The average Bonchev–Trinajstić information content (AvgIpc) is 2.69. The minimum absolute atomic E-state index is 0.301. The number of hydrogen-bond acceptors (Lipinski definition) is 5. The molecule has 0 aliphatic carbocycles. The molecule has 7 nitrogen and oxygen atoms in total. The van der Waals surface area contributed by atoms with Crippen LogP contribution >= 0.6 is 0 Å². The number of amides is 2. The van der Waals surface area contributed by atoms with Crippen LogP contribution in [0.25, 0.3) is 0 Å². The molecule has 0 atom stereocenters. The molecule has 2 aromatic carbocycles. The SMILES string of the molecule is CCCOc1ccc(C(=O)OCC(=O)NNC(=O)c2ccccc2)cc1. The number of nitrogens with one attached hydrogen (secondary N) is 2. The topological polar surface area (TPSA) is 93.7 Å². The van der Waals surface area contributed by atoms with Crippen molar-refractivity contribution in [2.24, 2.45) is 0 Å². The van der Waals surface area contributed by atoms with Gasteiger partial charge in [0, 0.05) is 5.56 Å². The lowest BCUT2D eigenvalue weighted by Crippen LogP contribution is -2.43. The Morgan fingerprint density at radius 2 is 1.58 bits per heavy atom. The number of carbonyl (C=O) groups is 3. The number of carbonyl (C=O) groups excluding carboxylic acids is 3. The van der Waals surface area contributed by atoms with Crippen molar-refractivity contribution in [3.8, 4) is 5.75 Å². The van der Waals surface area contributed by atoms with Crippen LogP contribution in [0.3, 0.4) is 0 Å². The number of hydrazine groups is 1. The largest absolute Gasteiger partial charge is 0.494 e. The molecule has 0 aliphatic heterocycles. The number of ether oxygens (including phenoxy) is 2. The third kappa shape index (κ3) is 5.94. The van der Waals surface area contributed by atoms with Gasteiger partial charge >= 0.3 is 5.97 Å². The van der Waals surface area contributed by atoms with Crippen molar-refractivity contribution >= 4 is 17.8 Å². The second-order valence-corrected chi connectivity index (χ2v) is 5.32. The first-order valence-electron chi connectivity index (χ1n) is 8.14. The smallest absolute Gasteiger partial charge is 0.338 e. The fraction of sp³-hybridized carbons (Fsp3) is 0.211. The van der Waals surface area contributed by atoms with Crippen molar-refractivity contribution < 1.29 is 23.9 Å². The molecule has 7 heteroatoms. The Bertz CT molecular complexity index is 744. The van der Waals surface area contributed by atoms with Crippen LogP contribution in [0.1, 0.15) is 34.1 Å². The molecule has 136 valence electrons. The molecule has 0 bridgehead atoms. The maximum Gasteiger partial charge on any atom is 0.338 e. The Morgan fingerprint density at radius 3 is 2.23 bits per heavy atom. The lowest BCUT2D eigenvalue weighted by molar-refractivity contribution is -0.125. The van der Waals surface area contributed by atoms with Crippen LogP contribution < -0.4 is 15.6 Å². The normalized spacial score (nSPS) is 9.88. The summed E-state index contributed by atoms with van der Waals surface area (Å²) in [6.45, 7) is 2.08. The second-order valence-electron chi connectivity index (χ2n) is 5.32. The molecule has 0 unspecified atom stereocenters. The molecule has 2 amide bonds. The van der Waals surface area contributed by atoms with Gasteiger partial charge in [-0.15, -0.1) is 0 Å². The maximum atomic E-state index is 11.9. The standard InChI is InChI=1S/C19H20N2O5/c1-2-12-25-16-10-8-15(9-11-16)19(24)26-13-17(22)20-21-18(23)14-6-4-3-5-7-14/h3-11H,2,12-13H2,1H3,(H,20,22)(H,21,23). The van der Waals surface area contributed by atoms with Crippen LogP contribution in [0.4, 0.5) is 0 Å². The summed E-state index contributed by atoms with van der Waals surface area (Å²) in [5.74, 6) is -1.10. The van der Waals surface area contributed by atoms with Crippen molar-refractivity contribution in [3.05, 3.63) is 65.7 Å². The molecule has 0 fully saturated rings. The molecule has 0 spiro atoms. The number of esters is 1. The van der Waals surface area contributed by atoms with Gasteiger partial charge in [0.1, 0.15) is 5.75 Å². The van der Waals surface area contributed by atoms with E-state index in [1.807, 2.05) is 6.92 Å². The third-order valence-corrected chi connectivity index (χ3v) is 3.25. The molecule has 0 saturated heterocycles. The van der Waals surface area contributed by atoms with E-state index >= 15 is 0 Å². The van der Waals surface area contributed by atoms with Gasteiger partial charge in [0.2, 0.25) is 0 Å². The first kappa shape index (κ1) is 19.0. The van der Waals surface area contributed by atoms with Gasteiger partial charge in [-0.25, -0.2) is 4.79 Å². The summed E-state index contributed by atoms with van der Waals surface area (Å²) in [5.41, 5.74) is 5.13. The van der Waals surface area contributed by atoms with Gasteiger partial charge in [0.15, 0.2) is 6.61 Å². The molecule has 0 aromatic heterocycles. The zero-order valence-corrected chi connectivity index (χ0v) is 14.4. The van der Waals surface area contributed by atoms with Crippen molar-refractivity contribution in [1.29, 1.82) is 0 Å². The molecule has 2 N–H and O–H groups in total. The summed E-state index contributed by atoms with van der Waals surface area (Å²) in [6.07, 6.45) is 0.889. The number of rotatable bonds is 7. The molecule has 0 aliphatic rings. The fourth-order valence-corrected chi connectivity index (χ4v) is 1.95. The Kier molecular flexibility index (Phi) is 7.17. The first-order chi connectivity index (χ1) is 12.6. The Morgan fingerprint density at radius 1 is 0.885 bits per heavy atom. The summed E-state index contributed by atoms with van der Waals surface area (Å²) in [6, 6.07) is 14.8. The van der Waals surface area contributed by atoms with Crippen LogP contribution in [-0.4, -0.2) is 31.0 Å². The van der Waals surface area contributed by atoms with E-state index in [9.17, 15) is 14.4 Å². The first-order valence-corrected chi connectivity index (χ1v) is 8.14. The Labute approximate surface area is 151 Å². The molecule has 2 rings (SSSR count). The predicted molar refractivity (Wildman–Crippen MR) is 94.6 cm³/mol. The second kappa shape index (κ2) is 9.83.